The molecule has 0 N–H and O–H groups in total. The van der Waals surface area contributed by atoms with Crippen molar-refractivity contribution in [2.45, 2.75) is 90.9 Å². The van der Waals surface area contributed by atoms with Gasteiger partial charge in [-0.25, -0.2) is 9.36 Å². The Morgan fingerprint density at radius 1 is 0.500 bits per heavy atom. The van der Waals surface area contributed by atoms with Gasteiger partial charge >= 0.3 is 14.2 Å². The molecule has 0 aliphatic carbocycles. The van der Waals surface area contributed by atoms with Gasteiger partial charge in [0.2, 0.25) is 0 Å². The fraction of sp³-hybridized carbons (Fsp3) is 0.389. The largest absolute Gasteiger partial charge is 0.495 e. The standard InChI is InChI=1S/C36H42B2N6O4/c1-33(2)34(3,4)46-37(45-33)29-19-13-9-15-25(29)21-43-23-31(39-41-43)27-17-11-12-18-28(27)32-24-44(42-40-32)22-26-16-10-14-20-30(26)38-47-35(5,6)36(7,8)48-38/h9-20,23-24H,21-22H2,1-8H3. The van der Waals surface area contributed by atoms with Crippen molar-refractivity contribution in [1.82, 2.24) is 30.0 Å². The molecule has 7 rings (SSSR count). The molecule has 2 aromatic heterocycles. The first-order chi connectivity index (χ1) is 22.7. The molecule has 12 heteroatoms. The third-order valence-corrected chi connectivity index (χ3v) is 10.3. The zero-order chi connectivity index (χ0) is 33.9. The van der Waals surface area contributed by atoms with Crippen LogP contribution in [0.25, 0.3) is 22.5 Å². The number of rotatable bonds is 8. The van der Waals surface area contributed by atoms with E-state index >= 15 is 0 Å². The second-order valence-corrected chi connectivity index (χ2v) is 14.7. The van der Waals surface area contributed by atoms with Gasteiger partial charge in [0.25, 0.3) is 0 Å². The van der Waals surface area contributed by atoms with Crippen molar-refractivity contribution < 1.29 is 18.6 Å². The maximum Gasteiger partial charge on any atom is 0.495 e. The molecule has 10 nitrogen and oxygen atoms in total. The highest BCUT2D eigenvalue weighted by atomic mass is 16.7. The molecule has 0 atom stereocenters. The summed E-state index contributed by atoms with van der Waals surface area (Å²) in [4.78, 5) is 0. The summed E-state index contributed by atoms with van der Waals surface area (Å²) in [7, 11) is -0.914. The summed E-state index contributed by atoms with van der Waals surface area (Å²) in [5.74, 6) is 0. The summed E-state index contributed by atoms with van der Waals surface area (Å²) in [5.41, 5.74) is 5.75. The van der Waals surface area contributed by atoms with Crippen molar-refractivity contribution in [2.75, 3.05) is 0 Å². The second kappa shape index (κ2) is 11.8. The summed E-state index contributed by atoms with van der Waals surface area (Å²) in [6.45, 7) is 17.6. The third-order valence-electron chi connectivity index (χ3n) is 10.3. The minimum atomic E-state index is -0.457. The Hall–Kier alpha value is -4.09. The SMILES string of the molecule is CC1(C)OB(c2ccccc2Cn2cc(-c3ccccc3-c3cn(Cc4ccccc4B4OC(C)(C)C(C)(C)O4)nn3)nn2)OC1(C)C. The Bertz CT molecular complexity index is 1780. The average molecular weight is 644 g/mol. The Morgan fingerprint density at radius 2 is 0.833 bits per heavy atom. The van der Waals surface area contributed by atoms with Gasteiger partial charge in [0.15, 0.2) is 0 Å². The van der Waals surface area contributed by atoms with Crippen LogP contribution in [0.1, 0.15) is 66.5 Å². The molecule has 0 radical (unpaired) electrons. The molecule has 0 bridgehead atoms. The summed E-state index contributed by atoms with van der Waals surface area (Å²) in [6.07, 6.45) is 3.93. The Kier molecular flexibility index (Phi) is 7.98. The molecule has 2 saturated heterocycles. The van der Waals surface area contributed by atoms with Crippen molar-refractivity contribution in [1.29, 1.82) is 0 Å². The zero-order valence-corrected chi connectivity index (χ0v) is 29.0. The van der Waals surface area contributed by atoms with Crippen LogP contribution in [0, 0.1) is 0 Å². The molecule has 3 aromatic carbocycles. The van der Waals surface area contributed by atoms with E-state index < -0.39 is 36.6 Å². The summed E-state index contributed by atoms with van der Waals surface area (Å²) < 4.78 is 29.1. The highest BCUT2D eigenvalue weighted by Gasteiger charge is 2.53. The second-order valence-electron chi connectivity index (χ2n) is 14.7. The summed E-state index contributed by atoms with van der Waals surface area (Å²) in [5, 5.41) is 18.1. The molecule has 0 amide bonds. The van der Waals surface area contributed by atoms with Gasteiger partial charge in [0, 0.05) is 11.1 Å². The Morgan fingerprint density at radius 3 is 1.21 bits per heavy atom. The quantitative estimate of drug-likeness (QED) is 0.220. The highest BCUT2D eigenvalue weighted by Crippen LogP contribution is 2.38. The van der Waals surface area contributed by atoms with E-state index in [1.807, 2.05) is 70.3 Å². The zero-order valence-electron chi connectivity index (χ0n) is 29.0. The predicted molar refractivity (Wildman–Crippen MR) is 187 cm³/mol. The third kappa shape index (κ3) is 5.91. The number of nitrogens with zero attached hydrogens (tertiary/aromatic N) is 6. The predicted octanol–water partition coefficient (Wildman–Crippen LogP) is 4.90. The normalized spacial score (nSPS) is 19.2. The summed E-state index contributed by atoms with van der Waals surface area (Å²) >= 11 is 0. The van der Waals surface area contributed by atoms with Crippen LogP contribution < -0.4 is 10.9 Å². The molecule has 2 aliphatic heterocycles. The van der Waals surface area contributed by atoms with Gasteiger partial charge < -0.3 is 18.6 Å². The molecule has 246 valence electrons. The van der Waals surface area contributed by atoms with Crippen molar-refractivity contribution in [3.63, 3.8) is 0 Å². The molecule has 2 aliphatic rings. The first-order valence-electron chi connectivity index (χ1n) is 16.5. The van der Waals surface area contributed by atoms with Crippen LogP contribution in [-0.2, 0) is 31.7 Å². The molecule has 0 unspecified atom stereocenters. The molecular formula is C36H42B2N6O4. The summed E-state index contributed by atoms with van der Waals surface area (Å²) in [6, 6.07) is 24.4. The van der Waals surface area contributed by atoms with Gasteiger partial charge in [-0.3, -0.25) is 0 Å². The van der Waals surface area contributed by atoms with Gasteiger partial charge in [-0.05, 0) is 77.4 Å². The Balaban J connectivity index is 1.11. The van der Waals surface area contributed by atoms with Crippen LogP contribution in [0.15, 0.2) is 85.2 Å². The maximum atomic E-state index is 6.36. The van der Waals surface area contributed by atoms with Gasteiger partial charge in [-0.1, -0.05) is 83.2 Å². The minimum absolute atomic E-state index is 0.423. The van der Waals surface area contributed by atoms with E-state index in [2.05, 4.69) is 100 Å². The first kappa shape index (κ1) is 32.5. The van der Waals surface area contributed by atoms with E-state index in [0.29, 0.717) is 13.1 Å². The molecule has 0 spiro atoms. The number of hydrogen-bond donors (Lipinski definition) is 0. The van der Waals surface area contributed by atoms with E-state index in [-0.39, 0.29) is 0 Å². The van der Waals surface area contributed by atoms with Crippen LogP contribution in [0.5, 0.6) is 0 Å². The fourth-order valence-electron chi connectivity index (χ4n) is 6.03. The van der Waals surface area contributed by atoms with Crippen LogP contribution >= 0.6 is 0 Å². The molecule has 48 heavy (non-hydrogen) atoms. The van der Waals surface area contributed by atoms with E-state index in [1.165, 1.54) is 0 Å². The first-order valence-corrected chi connectivity index (χ1v) is 16.5. The monoisotopic (exact) mass is 644 g/mol. The van der Waals surface area contributed by atoms with Gasteiger partial charge in [0.05, 0.1) is 47.9 Å². The number of hydrogen-bond acceptors (Lipinski definition) is 8. The van der Waals surface area contributed by atoms with Crippen molar-refractivity contribution in [2.24, 2.45) is 0 Å². The van der Waals surface area contributed by atoms with Crippen LogP contribution in [0.3, 0.4) is 0 Å². The smallest absolute Gasteiger partial charge is 0.399 e. The minimum Gasteiger partial charge on any atom is -0.399 e. The van der Waals surface area contributed by atoms with E-state index in [0.717, 1.165) is 44.6 Å². The molecule has 2 fully saturated rings. The van der Waals surface area contributed by atoms with Gasteiger partial charge in [0.1, 0.15) is 11.4 Å². The van der Waals surface area contributed by atoms with E-state index in [1.54, 1.807) is 0 Å². The fourth-order valence-corrected chi connectivity index (χ4v) is 6.03. The topological polar surface area (TPSA) is 98.3 Å². The van der Waals surface area contributed by atoms with Crippen molar-refractivity contribution >= 4 is 25.2 Å². The van der Waals surface area contributed by atoms with Gasteiger partial charge in [-0.15, -0.1) is 10.2 Å². The highest BCUT2D eigenvalue weighted by molar-refractivity contribution is 6.63. The average Bonchev–Trinajstić information content (AvgIpc) is 3.78. The lowest BCUT2D eigenvalue weighted by Gasteiger charge is -2.32. The van der Waals surface area contributed by atoms with E-state index in [9.17, 15) is 0 Å². The lowest BCUT2D eigenvalue weighted by molar-refractivity contribution is 0.00578. The van der Waals surface area contributed by atoms with Crippen LogP contribution in [0.4, 0.5) is 0 Å². The lowest BCUT2D eigenvalue weighted by Crippen LogP contribution is -2.41. The van der Waals surface area contributed by atoms with Crippen molar-refractivity contribution in [3.8, 4) is 22.5 Å². The van der Waals surface area contributed by atoms with E-state index in [4.69, 9.17) is 18.6 Å². The Labute approximate surface area is 283 Å². The maximum absolute atomic E-state index is 6.36. The lowest BCUT2D eigenvalue weighted by atomic mass is 9.76. The van der Waals surface area contributed by atoms with Crippen LogP contribution in [-0.4, -0.2) is 66.6 Å². The molecule has 0 saturated carbocycles. The van der Waals surface area contributed by atoms with Crippen LogP contribution in [0.2, 0.25) is 0 Å². The van der Waals surface area contributed by atoms with Crippen molar-refractivity contribution in [3.05, 3.63) is 96.3 Å². The molecule has 4 heterocycles. The van der Waals surface area contributed by atoms with Gasteiger partial charge in [-0.2, -0.15) is 0 Å². The number of benzene rings is 3. The molecular weight excluding hydrogens is 602 g/mol. The number of aromatic nitrogens is 6. The molecule has 5 aromatic rings.